The zero-order valence-corrected chi connectivity index (χ0v) is 27.6. The minimum absolute atomic E-state index is 0.0308. The second-order valence-corrected chi connectivity index (χ2v) is 13.2. The highest BCUT2D eigenvalue weighted by Crippen LogP contribution is 2.38. The normalized spacial score (nSPS) is 14.2. The molecule has 0 aliphatic carbocycles. The quantitative estimate of drug-likeness (QED) is 0.0312. The van der Waals surface area contributed by atoms with Crippen molar-refractivity contribution in [1.82, 2.24) is 0 Å². The standard InChI is InChI=1S/C31H60NO8P/c1-6-8-10-12-13-14-15-16-17-18-20-22-24-31(34)40-29(27-37-30(33)23-21-19-11-9-7-2)28-39-41(35,36)38-26-25-32(3,4)5/h13-14,29H,6-12,15-28H2,1-5H3/b14-13-. The summed E-state index contributed by atoms with van der Waals surface area (Å²) >= 11 is 0. The molecule has 2 atom stereocenters. The summed E-state index contributed by atoms with van der Waals surface area (Å²) in [4.78, 5) is 36.8. The van der Waals surface area contributed by atoms with Gasteiger partial charge in [-0.15, -0.1) is 0 Å². The zero-order chi connectivity index (χ0) is 30.8. The van der Waals surface area contributed by atoms with E-state index in [9.17, 15) is 19.0 Å². The van der Waals surface area contributed by atoms with E-state index in [1.807, 2.05) is 21.1 Å². The number of carbonyl (C=O) groups is 2. The van der Waals surface area contributed by atoms with E-state index >= 15 is 0 Å². The van der Waals surface area contributed by atoms with Gasteiger partial charge in [0.25, 0.3) is 7.82 Å². The molecule has 0 bridgehead atoms. The Morgan fingerprint density at radius 2 is 1.24 bits per heavy atom. The fourth-order valence-electron chi connectivity index (χ4n) is 3.94. The number of nitrogens with zero attached hydrogens (tertiary/aromatic N) is 1. The highest BCUT2D eigenvalue weighted by atomic mass is 31.2. The summed E-state index contributed by atoms with van der Waals surface area (Å²) < 4.78 is 33.4. The van der Waals surface area contributed by atoms with Gasteiger partial charge < -0.3 is 27.9 Å². The van der Waals surface area contributed by atoms with Crippen LogP contribution in [0.25, 0.3) is 0 Å². The number of phosphoric acid groups is 1. The van der Waals surface area contributed by atoms with Gasteiger partial charge in [0, 0.05) is 12.8 Å². The molecule has 0 aromatic heterocycles. The number of unbranched alkanes of at least 4 members (excludes halogenated alkanes) is 12. The van der Waals surface area contributed by atoms with E-state index in [4.69, 9.17) is 18.5 Å². The van der Waals surface area contributed by atoms with Gasteiger partial charge in [0.1, 0.15) is 19.8 Å². The van der Waals surface area contributed by atoms with Crippen molar-refractivity contribution in [3.05, 3.63) is 12.2 Å². The molecule has 10 heteroatoms. The summed E-state index contributed by atoms with van der Waals surface area (Å²) in [5.74, 6) is -0.862. The summed E-state index contributed by atoms with van der Waals surface area (Å²) in [6, 6.07) is 0. The lowest BCUT2D eigenvalue weighted by Crippen LogP contribution is -2.37. The first kappa shape index (κ1) is 39.8. The first-order valence-corrected chi connectivity index (χ1v) is 17.4. The van der Waals surface area contributed by atoms with E-state index in [1.165, 1.54) is 19.3 Å². The number of quaternary nitrogens is 1. The molecular weight excluding hydrogens is 545 g/mol. The molecular formula is C31H60NO8P. The molecule has 0 aliphatic rings. The molecule has 0 saturated heterocycles. The van der Waals surface area contributed by atoms with Crippen LogP contribution < -0.4 is 4.89 Å². The topological polar surface area (TPSA) is 111 Å². The molecule has 0 saturated carbocycles. The molecule has 0 rings (SSSR count). The third-order valence-electron chi connectivity index (χ3n) is 6.54. The molecule has 41 heavy (non-hydrogen) atoms. The number of ether oxygens (including phenoxy) is 2. The van der Waals surface area contributed by atoms with Crippen LogP contribution in [0.15, 0.2) is 12.2 Å². The number of carbonyl (C=O) groups excluding carboxylic acids is 2. The molecule has 2 unspecified atom stereocenters. The van der Waals surface area contributed by atoms with Crippen molar-refractivity contribution in [3.63, 3.8) is 0 Å². The molecule has 9 nitrogen and oxygen atoms in total. The van der Waals surface area contributed by atoms with Crippen LogP contribution in [0.4, 0.5) is 0 Å². The fourth-order valence-corrected chi connectivity index (χ4v) is 4.67. The molecule has 242 valence electrons. The average molecular weight is 606 g/mol. The Bertz CT molecular complexity index is 738. The average Bonchev–Trinajstić information content (AvgIpc) is 2.90. The second kappa shape index (κ2) is 25.3. The molecule has 0 aliphatic heterocycles. The van der Waals surface area contributed by atoms with E-state index in [2.05, 4.69) is 26.0 Å². The van der Waals surface area contributed by atoms with Gasteiger partial charge in [0.15, 0.2) is 6.10 Å². The van der Waals surface area contributed by atoms with Crippen molar-refractivity contribution >= 4 is 19.8 Å². The van der Waals surface area contributed by atoms with E-state index < -0.39 is 32.5 Å². The second-order valence-electron chi connectivity index (χ2n) is 11.8. The van der Waals surface area contributed by atoms with Crippen LogP contribution in [0, 0.1) is 0 Å². The highest BCUT2D eigenvalue weighted by Gasteiger charge is 2.21. The van der Waals surface area contributed by atoms with E-state index in [-0.39, 0.29) is 26.1 Å². The van der Waals surface area contributed by atoms with Gasteiger partial charge in [0.2, 0.25) is 0 Å². The zero-order valence-electron chi connectivity index (χ0n) is 26.7. The van der Waals surface area contributed by atoms with Crippen molar-refractivity contribution < 1.29 is 42.1 Å². The molecule has 0 aromatic carbocycles. The monoisotopic (exact) mass is 605 g/mol. The number of rotatable bonds is 28. The first-order chi connectivity index (χ1) is 19.5. The van der Waals surface area contributed by atoms with Crippen LogP contribution in [-0.2, 0) is 32.7 Å². The van der Waals surface area contributed by atoms with Crippen molar-refractivity contribution in [2.45, 2.75) is 129 Å². The van der Waals surface area contributed by atoms with Gasteiger partial charge in [-0.3, -0.25) is 14.2 Å². The van der Waals surface area contributed by atoms with Crippen LogP contribution in [-0.4, -0.2) is 70.0 Å². The molecule has 0 fully saturated rings. The maximum atomic E-state index is 12.5. The van der Waals surface area contributed by atoms with E-state index in [1.54, 1.807) is 0 Å². The Balaban J connectivity index is 4.49. The maximum Gasteiger partial charge on any atom is 0.306 e. The van der Waals surface area contributed by atoms with Crippen LogP contribution in [0.2, 0.25) is 0 Å². The Morgan fingerprint density at radius 3 is 1.85 bits per heavy atom. The predicted octanol–water partition coefficient (Wildman–Crippen LogP) is 6.88. The fraction of sp³-hybridized carbons (Fsp3) is 0.871. The number of allylic oxidation sites excluding steroid dienone is 2. The summed E-state index contributed by atoms with van der Waals surface area (Å²) in [6.07, 6.45) is 20.0. The Kier molecular flexibility index (Phi) is 24.5. The Hall–Kier alpha value is -1.25. The van der Waals surface area contributed by atoms with Crippen molar-refractivity contribution in [2.75, 3.05) is 47.5 Å². The van der Waals surface area contributed by atoms with Gasteiger partial charge in [-0.25, -0.2) is 0 Å². The van der Waals surface area contributed by atoms with Crippen molar-refractivity contribution in [3.8, 4) is 0 Å². The lowest BCUT2D eigenvalue weighted by atomic mass is 10.1. The van der Waals surface area contributed by atoms with Crippen molar-refractivity contribution in [2.24, 2.45) is 0 Å². The number of phosphoric ester groups is 1. The van der Waals surface area contributed by atoms with Gasteiger partial charge in [-0.1, -0.05) is 83.8 Å². The molecule has 0 heterocycles. The number of esters is 2. The molecule has 0 aromatic rings. The Labute approximate surface area is 250 Å². The van der Waals surface area contributed by atoms with Gasteiger partial charge in [-0.05, 0) is 38.5 Å². The SMILES string of the molecule is CCCCC/C=C\CCCCCCCC(=O)OC(COC(=O)CCCCCCC)COP(=O)([O-])OCC[N+](C)(C)C. The van der Waals surface area contributed by atoms with E-state index in [0.29, 0.717) is 17.4 Å². The smallest absolute Gasteiger partial charge is 0.306 e. The summed E-state index contributed by atoms with van der Waals surface area (Å²) in [7, 11) is 1.16. The summed E-state index contributed by atoms with van der Waals surface area (Å²) in [6.45, 7) is 4.06. The van der Waals surface area contributed by atoms with Crippen LogP contribution in [0.5, 0.6) is 0 Å². The third-order valence-corrected chi connectivity index (χ3v) is 7.50. The first-order valence-electron chi connectivity index (χ1n) is 15.9. The number of likely N-dealkylation sites (N-methyl/N-ethyl adjacent to an activating group) is 1. The van der Waals surface area contributed by atoms with Crippen LogP contribution in [0.1, 0.15) is 123 Å². The van der Waals surface area contributed by atoms with E-state index in [0.717, 1.165) is 70.6 Å². The van der Waals surface area contributed by atoms with Crippen molar-refractivity contribution in [1.29, 1.82) is 0 Å². The lowest BCUT2D eigenvalue weighted by Gasteiger charge is -2.28. The minimum Gasteiger partial charge on any atom is -0.756 e. The minimum atomic E-state index is -4.60. The Morgan fingerprint density at radius 1 is 0.732 bits per heavy atom. The maximum absolute atomic E-state index is 12.5. The molecule has 0 spiro atoms. The lowest BCUT2D eigenvalue weighted by molar-refractivity contribution is -0.870. The summed E-state index contributed by atoms with van der Waals surface area (Å²) in [5, 5.41) is 0. The largest absolute Gasteiger partial charge is 0.756 e. The highest BCUT2D eigenvalue weighted by molar-refractivity contribution is 7.45. The third kappa shape index (κ3) is 28.6. The predicted molar refractivity (Wildman–Crippen MR) is 162 cm³/mol. The number of hydrogen-bond donors (Lipinski definition) is 0. The summed E-state index contributed by atoms with van der Waals surface area (Å²) in [5.41, 5.74) is 0. The molecule has 0 radical (unpaired) electrons. The molecule has 0 N–H and O–H groups in total. The molecule has 0 amide bonds. The number of hydrogen-bond acceptors (Lipinski definition) is 8. The van der Waals surface area contributed by atoms with Gasteiger partial charge >= 0.3 is 11.9 Å². The van der Waals surface area contributed by atoms with Crippen LogP contribution >= 0.6 is 7.82 Å². The van der Waals surface area contributed by atoms with Crippen LogP contribution in [0.3, 0.4) is 0 Å². The van der Waals surface area contributed by atoms with Gasteiger partial charge in [-0.2, -0.15) is 0 Å². The van der Waals surface area contributed by atoms with Gasteiger partial charge in [0.05, 0.1) is 27.7 Å².